The Balaban J connectivity index is 1.58. The molecule has 1 aliphatic heterocycles. The second-order valence-electron chi connectivity index (χ2n) is 7.30. The number of nitrogens with zero attached hydrogens (tertiary/aromatic N) is 2. The number of non-ortho nitro benzene ring substituents is 1. The van der Waals surface area contributed by atoms with E-state index in [-0.39, 0.29) is 28.6 Å². The number of hydrogen-bond acceptors (Lipinski definition) is 6. The van der Waals surface area contributed by atoms with Crippen molar-refractivity contribution in [3.05, 3.63) is 104 Å². The summed E-state index contributed by atoms with van der Waals surface area (Å²) >= 11 is 12.4. The van der Waals surface area contributed by atoms with E-state index in [1.807, 2.05) is 12.1 Å². The minimum atomic E-state index is -1.01. The summed E-state index contributed by atoms with van der Waals surface area (Å²) in [6.45, 7) is 0.182. The van der Waals surface area contributed by atoms with Gasteiger partial charge in [-0.3, -0.25) is 25.0 Å². The van der Waals surface area contributed by atoms with Crippen molar-refractivity contribution in [3.63, 3.8) is 0 Å². The van der Waals surface area contributed by atoms with Gasteiger partial charge in [-0.15, -0.1) is 0 Å². The molecule has 0 aromatic heterocycles. The molecule has 0 saturated carbocycles. The van der Waals surface area contributed by atoms with Gasteiger partial charge in [-0.1, -0.05) is 53.5 Å². The lowest BCUT2D eigenvalue weighted by Gasteiger charge is -2.26. The number of hydrogen-bond donors (Lipinski definition) is 1. The van der Waals surface area contributed by atoms with Gasteiger partial charge in [-0.25, -0.2) is 9.69 Å². The number of ether oxygens (including phenoxy) is 1. The van der Waals surface area contributed by atoms with Gasteiger partial charge >= 0.3 is 6.03 Å². The Morgan fingerprint density at radius 1 is 0.971 bits per heavy atom. The largest absolute Gasteiger partial charge is 0.487 e. The summed E-state index contributed by atoms with van der Waals surface area (Å²) in [6, 6.07) is 15.8. The van der Waals surface area contributed by atoms with Crippen molar-refractivity contribution in [1.29, 1.82) is 0 Å². The zero-order valence-electron chi connectivity index (χ0n) is 17.7. The Morgan fingerprint density at radius 2 is 1.74 bits per heavy atom. The number of halogens is 2. The number of rotatable bonds is 6. The molecule has 0 aliphatic carbocycles. The Morgan fingerprint density at radius 3 is 2.46 bits per heavy atom. The average molecular weight is 512 g/mol. The summed E-state index contributed by atoms with van der Waals surface area (Å²) in [7, 11) is 0. The molecular weight excluding hydrogens is 497 g/mol. The molecule has 0 spiro atoms. The average Bonchev–Trinajstić information content (AvgIpc) is 2.82. The molecule has 1 saturated heterocycles. The van der Waals surface area contributed by atoms with Gasteiger partial charge in [0.1, 0.15) is 17.9 Å². The zero-order valence-corrected chi connectivity index (χ0v) is 19.2. The molecule has 4 rings (SSSR count). The number of carbonyl (C=O) groups is 3. The van der Waals surface area contributed by atoms with Crippen LogP contribution in [0.4, 0.5) is 16.2 Å². The summed E-state index contributed by atoms with van der Waals surface area (Å²) in [5.74, 6) is -1.48. The van der Waals surface area contributed by atoms with Crippen molar-refractivity contribution < 1.29 is 24.0 Å². The number of nitrogens with one attached hydrogen (secondary N) is 1. The molecule has 0 radical (unpaired) electrons. The molecule has 1 aliphatic rings. The molecule has 1 N–H and O–H groups in total. The first-order chi connectivity index (χ1) is 16.7. The van der Waals surface area contributed by atoms with Crippen LogP contribution in [0.3, 0.4) is 0 Å². The molecule has 0 atom stereocenters. The maximum Gasteiger partial charge on any atom is 0.335 e. The van der Waals surface area contributed by atoms with E-state index >= 15 is 0 Å². The molecule has 35 heavy (non-hydrogen) atoms. The molecule has 1 heterocycles. The number of imide groups is 2. The molecule has 0 unspecified atom stereocenters. The van der Waals surface area contributed by atoms with Crippen LogP contribution >= 0.6 is 23.2 Å². The van der Waals surface area contributed by atoms with Crippen LogP contribution in [0.1, 0.15) is 11.1 Å². The van der Waals surface area contributed by atoms with Crippen molar-refractivity contribution in [1.82, 2.24) is 5.32 Å². The summed E-state index contributed by atoms with van der Waals surface area (Å²) in [5, 5.41) is 13.9. The minimum Gasteiger partial charge on any atom is -0.487 e. The van der Waals surface area contributed by atoms with Crippen molar-refractivity contribution in [2.75, 3.05) is 4.90 Å². The second-order valence-corrected chi connectivity index (χ2v) is 8.12. The van der Waals surface area contributed by atoms with E-state index in [4.69, 9.17) is 27.9 Å². The number of nitro groups is 1. The lowest BCUT2D eigenvalue weighted by Crippen LogP contribution is -2.54. The molecule has 0 bridgehead atoms. The lowest BCUT2D eigenvalue weighted by molar-refractivity contribution is -0.384. The van der Waals surface area contributed by atoms with Crippen LogP contribution in [0.15, 0.2) is 72.3 Å². The van der Waals surface area contributed by atoms with E-state index < -0.39 is 22.8 Å². The third-order valence-electron chi connectivity index (χ3n) is 5.01. The quantitative estimate of drug-likeness (QED) is 0.211. The van der Waals surface area contributed by atoms with Gasteiger partial charge in [0.05, 0.1) is 15.6 Å². The highest BCUT2D eigenvalue weighted by Gasteiger charge is 2.37. The number of urea groups is 1. The number of anilines is 1. The number of carbonyl (C=O) groups excluding carboxylic acids is 3. The van der Waals surface area contributed by atoms with Gasteiger partial charge in [0.15, 0.2) is 0 Å². The normalized spacial score (nSPS) is 14.7. The van der Waals surface area contributed by atoms with Crippen molar-refractivity contribution in [2.24, 2.45) is 0 Å². The summed E-state index contributed by atoms with van der Waals surface area (Å²) in [6.07, 6.45) is 1.26. The molecular formula is C24H15Cl2N3O6. The van der Waals surface area contributed by atoms with Crippen LogP contribution in [0.2, 0.25) is 10.0 Å². The van der Waals surface area contributed by atoms with Crippen LogP contribution < -0.4 is 15.0 Å². The maximum absolute atomic E-state index is 13.0. The molecule has 11 heteroatoms. The molecule has 3 aromatic carbocycles. The molecule has 3 aromatic rings. The summed E-state index contributed by atoms with van der Waals surface area (Å²) in [5.41, 5.74) is 0.446. The predicted octanol–water partition coefficient (Wildman–Crippen LogP) is 5.15. The first-order valence-electron chi connectivity index (χ1n) is 10.1. The fraction of sp³-hybridized carbons (Fsp3) is 0.0417. The number of nitro benzene ring substituents is 1. The first kappa shape index (κ1) is 23.9. The lowest BCUT2D eigenvalue weighted by atomic mass is 10.1. The smallest absolute Gasteiger partial charge is 0.335 e. The minimum absolute atomic E-state index is 0.0542. The molecule has 9 nitrogen and oxygen atoms in total. The summed E-state index contributed by atoms with van der Waals surface area (Å²) in [4.78, 5) is 48.8. The van der Waals surface area contributed by atoms with Crippen molar-refractivity contribution in [3.8, 4) is 5.75 Å². The third-order valence-corrected chi connectivity index (χ3v) is 5.67. The Bertz CT molecular complexity index is 1410. The SMILES string of the molecule is O=C1NC(=O)N(c2cccc([N+](=O)[O-])c2)C(=O)/C1=C/c1ccc(OCc2ccccc2Cl)c(Cl)c1. The number of amides is 4. The Hall–Kier alpha value is -4.21. The highest BCUT2D eigenvalue weighted by atomic mass is 35.5. The van der Waals surface area contributed by atoms with Crippen LogP contribution in [0, 0.1) is 10.1 Å². The first-order valence-corrected chi connectivity index (χ1v) is 10.8. The van der Waals surface area contributed by atoms with E-state index in [1.54, 1.807) is 24.3 Å². The molecule has 4 amide bonds. The molecule has 1 fully saturated rings. The fourth-order valence-corrected chi connectivity index (χ4v) is 3.73. The van der Waals surface area contributed by atoms with Gasteiger partial charge in [0.25, 0.3) is 17.5 Å². The Kier molecular flexibility index (Phi) is 6.81. The molecule has 176 valence electrons. The summed E-state index contributed by atoms with van der Waals surface area (Å²) < 4.78 is 5.72. The predicted molar refractivity (Wildman–Crippen MR) is 129 cm³/mol. The zero-order chi connectivity index (χ0) is 25.1. The number of benzene rings is 3. The van der Waals surface area contributed by atoms with Crippen LogP contribution in [0.25, 0.3) is 6.08 Å². The van der Waals surface area contributed by atoms with E-state index in [0.29, 0.717) is 21.2 Å². The van der Waals surface area contributed by atoms with Gasteiger partial charge in [0.2, 0.25) is 0 Å². The van der Waals surface area contributed by atoms with Crippen molar-refractivity contribution >= 4 is 58.5 Å². The second kappa shape index (κ2) is 9.96. The standard InChI is InChI=1S/C24H15Cl2N3O6/c25-19-7-2-1-4-15(19)13-35-21-9-8-14(11-20(21)26)10-18-22(30)27-24(32)28(23(18)31)16-5-3-6-17(12-16)29(33)34/h1-12H,13H2,(H,27,30,32)/b18-10+. The highest BCUT2D eigenvalue weighted by molar-refractivity contribution is 6.39. The van der Waals surface area contributed by atoms with E-state index in [9.17, 15) is 24.5 Å². The topological polar surface area (TPSA) is 119 Å². The van der Waals surface area contributed by atoms with E-state index in [1.165, 1.54) is 30.3 Å². The van der Waals surface area contributed by atoms with E-state index in [0.717, 1.165) is 11.6 Å². The van der Waals surface area contributed by atoms with Crippen molar-refractivity contribution in [2.45, 2.75) is 6.61 Å². The van der Waals surface area contributed by atoms with Crippen LogP contribution in [-0.4, -0.2) is 22.8 Å². The van der Waals surface area contributed by atoms with Gasteiger partial charge in [-0.2, -0.15) is 0 Å². The van der Waals surface area contributed by atoms with Crippen LogP contribution in [0.5, 0.6) is 5.75 Å². The van der Waals surface area contributed by atoms with E-state index in [2.05, 4.69) is 5.32 Å². The highest BCUT2D eigenvalue weighted by Crippen LogP contribution is 2.30. The third kappa shape index (κ3) is 5.16. The van der Waals surface area contributed by atoms with Crippen LogP contribution in [-0.2, 0) is 16.2 Å². The maximum atomic E-state index is 13.0. The number of barbiturate groups is 1. The fourth-order valence-electron chi connectivity index (χ4n) is 3.30. The van der Waals surface area contributed by atoms with Gasteiger partial charge < -0.3 is 4.74 Å². The van der Waals surface area contributed by atoms with Gasteiger partial charge in [-0.05, 0) is 35.9 Å². The van der Waals surface area contributed by atoms with Gasteiger partial charge in [0, 0.05) is 22.7 Å². The monoisotopic (exact) mass is 511 g/mol. The Labute approximate surface area is 208 Å².